The maximum Gasteiger partial charge on any atom is 0.230 e. The second kappa shape index (κ2) is 7.99. The van der Waals surface area contributed by atoms with Gasteiger partial charge in [0.05, 0.1) is 18.2 Å². The summed E-state index contributed by atoms with van der Waals surface area (Å²) in [4.78, 5) is 11.3. The standard InChI is InChI=1S/C12H13ClN2OS/c13-11-4-2-10(3-5-11)8-17-9-12(16)15-7-1-6-14/h2-5H,1,7-9H2,(H,15,16). The minimum Gasteiger partial charge on any atom is -0.354 e. The van der Waals surface area contributed by atoms with Crippen molar-refractivity contribution in [1.82, 2.24) is 5.32 Å². The van der Waals surface area contributed by atoms with Crippen LogP contribution in [0.15, 0.2) is 24.3 Å². The number of rotatable bonds is 6. The lowest BCUT2D eigenvalue weighted by molar-refractivity contribution is -0.118. The fourth-order valence-corrected chi connectivity index (χ4v) is 2.09. The van der Waals surface area contributed by atoms with Crippen LogP contribution >= 0.6 is 23.4 Å². The fourth-order valence-electron chi connectivity index (χ4n) is 1.15. The van der Waals surface area contributed by atoms with Crippen LogP contribution in [0.5, 0.6) is 0 Å². The van der Waals surface area contributed by atoms with Crippen LogP contribution in [0, 0.1) is 11.3 Å². The quantitative estimate of drug-likeness (QED) is 0.807. The monoisotopic (exact) mass is 268 g/mol. The first kappa shape index (κ1) is 13.9. The first-order chi connectivity index (χ1) is 8.22. The van der Waals surface area contributed by atoms with E-state index in [1.807, 2.05) is 30.3 Å². The summed E-state index contributed by atoms with van der Waals surface area (Å²) in [5.41, 5.74) is 1.14. The van der Waals surface area contributed by atoms with Crippen molar-refractivity contribution >= 4 is 29.3 Å². The van der Waals surface area contributed by atoms with Crippen LogP contribution in [0.25, 0.3) is 0 Å². The van der Waals surface area contributed by atoms with Gasteiger partial charge in [0.1, 0.15) is 0 Å². The second-order valence-electron chi connectivity index (χ2n) is 3.38. The van der Waals surface area contributed by atoms with E-state index < -0.39 is 0 Å². The normalized spacial score (nSPS) is 9.65. The predicted octanol–water partition coefficient (Wildman–Crippen LogP) is 2.60. The van der Waals surface area contributed by atoms with E-state index in [-0.39, 0.29) is 5.91 Å². The van der Waals surface area contributed by atoms with E-state index in [2.05, 4.69) is 5.32 Å². The van der Waals surface area contributed by atoms with Gasteiger partial charge in [-0.25, -0.2) is 0 Å². The van der Waals surface area contributed by atoms with Crippen molar-refractivity contribution in [3.63, 3.8) is 0 Å². The summed E-state index contributed by atoms with van der Waals surface area (Å²) in [6, 6.07) is 9.55. The number of amides is 1. The Bertz CT molecular complexity index is 400. The Hall–Kier alpha value is -1.18. The Labute approximate surface area is 110 Å². The number of nitrogens with zero attached hydrogens (tertiary/aromatic N) is 1. The highest BCUT2D eigenvalue weighted by Crippen LogP contribution is 2.15. The number of halogens is 1. The van der Waals surface area contributed by atoms with Gasteiger partial charge in [0.2, 0.25) is 5.91 Å². The minimum absolute atomic E-state index is 0.0285. The van der Waals surface area contributed by atoms with Crippen LogP contribution in [0.1, 0.15) is 12.0 Å². The number of benzene rings is 1. The largest absolute Gasteiger partial charge is 0.354 e. The SMILES string of the molecule is N#CCCNC(=O)CSCc1ccc(Cl)cc1. The summed E-state index contributed by atoms with van der Waals surface area (Å²) in [7, 11) is 0. The molecule has 90 valence electrons. The smallest absolute Gasteiger partial charge is 0.230 e. The molecule has 0 saturated heterocycles. The van der Waals surface area contributed by atoms with E-state index in [0.717, 1.165) is 11.3 Å². The van der Waals surface area contributed by atoms with Crippen molar-refractivity contribution in [2.75, 3.05) is 12.3 Å². The Balaban J connectivity index is 2.17. The summed E-state index contributed by atoms with van der Waals surface area (Å²) in [6.45, 7) is 0.427. The molecule has 0 bridgehead atoms. The summed E-state index contributed by atoms with van der Waals surface area (Å²) in [6.07, 6.45) is 0.355. The lowest BCUT2D eigenvalue weighted by Crippen LogP contribution is -2.25. The lowest BCUT2D eigenvalue weighted by atomic mass is 10.2. The maximum atomic E-state index is 11.3. The van der Waals surface area contributed by atoms with Crippen molar-refractivity contribution in [1.29, 1.82) is 5.26 Å². The van der Waals surface area contributed by atoms with Gasteiger partial charge in [0.15, 0.2) is 0 Å². The maximum absolute atomic E-state index is 11.3. The van der Waals surface area contributed by atoms with Crippen molar-refractivity contribution in [2.24, 2.45) is 0 Å². The Morgan fingerprint density at radius 1 is 1.41 bits per heavy atom. The van der Waals surface area contributed by atoms with Crippen LogP contribution in [-0.4, -0.2) is 18.2 Å². The van der Waals surface area contributed by atoms with Gasteiger partial charge in [0.25, 0.3) is 0 Å². The molecule has 0 aliphatic carbocycles. The Morgan fingerprint density at radius 3 is 2.76 bits per heavy atom. The molecular weight excluding hydrogens is 256 g/mol. The second-order valence-corrected chi connectivity index (χ2v) is 4.80. The summed E-state index contributed by atoms with van der Waals surface area (Å²) in [5.74, 6) is 1.16. The molecule has 1 amide bonds. The van der Waals surface area contributed by atoms with Crippen LogP contribution in [0.4, 0.5) is 0 Å². The predicted molar refractivity (Wildman–Crippen MR) is 70.9 cm³/mol. The molecule has 0 heterocycles. The number of hydrogen-bond donors (Lipinski definition) is 1. The highest BCUT2D eigenvalue weighted by atomic mass is 35.5. The highest BCUT2D eigenvalue weighted by molar-refractivity contribution is 7.99. The van der Waals surface area contributed by atoms with E-state index in [1.54, 1.807) is 11.8 Å². The van der Waals surface area contributed by atoms with Crippen molar-refractivity contribution in [3.8, 4) is 6.07 Å². The van der Waals surface area contributed by atoms with Gasteiger partial charge in [-0.3, -0.25) is 4.79 Å². The summed E-state index contributed by atoms with van der Waals surface area (Å²) >= 11 is 7.31. The molecule has 0 radical (unpaired) electrons. The molecule has 0 saturated carbocycles. The lowest BCUT2D eigenvalue weighted by Gasteiger charge is -2.03. The zero-order valence-electron chi connectivity index (χ0n) is 9.28. The number of thioether (sulfide) groups is 1. The zero-order valence-corrected chi connectivity index (χ0v) is 10.9. The van der Waals surface area contributed by atoms with E-state index in [4.69, 9.17) is 16.9 Å². The molecule has 0 spiro atoms. The molecule has 17 heavy (non-hydrogen) atoms. The van der Waals surface area contributed by atoms with E-state index in [0.29, 0.717) is 23.7 Å². The third-order valence-corrected chi connectivity index (χ3v) is 3.23. The number of hydrogen-bond acceptors (Lipinski definition) is 3. The Kier molecular flexibility index (Phi) is 6.53. The first-order valence-electron chi connectivity index (χ1n) is 5.18. The zero-order chi connectivity index (χ0) is 12.5. The topological polar surface area (TPSA) is 52.9 Å². The first-order valence-corrected chi connectivity index (χ1v) is 6.71. The molecule has 0 unspecified atom stereocenters. The average molecular weight is 269 g/mol. The fraction of sp³-hybridized carbons (Fsp3) is 0.333. The van der Waals surface area contributed by atoms with E-state index in [9.17, 15) is 4.79 Å². The molecule has 0 aliphatic rings. The average Bonchev–Trinajstić information content (AvgIpc) is 2.32. The molecular formula is C12H13ClN2OS. The van der Waals surface area contributed by atoms with Gasteiger partial charge in [-0.15, -0.1) is 11.8 Å². The van der Waals surface area contributed by atoms with Crippen LogP contribution in [0.3, 0.4) is 0 Å². The summed E-state index contributed by atoms with van der Waals surface area (Å²) < 4.78 is 0. The van der Waals surface area contributed by atoms with Gasteiger partial charge in [0, 0.05) is 17.3 Å². The summed E-state index contributed by atoms with van der Waals surface area (Å²) in [5, 5.41) is 11.7. The van der Waals surface area contributed by atoms with Gasteiger partial charge in [-0.1, -0.05) is 23.7 Å². The molecule has 1 aromatic carbocycles. The number of carbonyl (C=O) groups excluding carboxylic acids is 1. The van der Waals surface area contributed by atoms with Gasteiger partial charge < -0.3 is 5.32 Å². The van der Waals surface area contributed by atoms with Crippen molar-refractivity contribution in [2.45, 2.75) is 12.2 Å². The number of nitriles is 1. The molecule has 1 rings (SSSR count). The third kappa shape index (κ3) is 6.20. The molecule has 1 N–H and O–H groups in total. The van der Waals surface area contributed by atoms with Crippen LogP contribution in [-0.2, 0) is 10.5 Å². The van der Waals surface area contributed by atoms with Crippen molar-refractivity contribution in [3.05, 3.63) is 34.9 Å². The molecule has 0 aliphatic heterocycles. The van der Waals surface area contributed by atoms with E-state index in [1.165, 1.54) is 0 Å². The van der Waals surface area contributed by atoms with Crippen molar-refractivity contribution < 1.29 is 4.79 Å². The molecule has 3 nitrogen and oxygen atoms in total. The molecule has 1 aromatic rings. The molecule has 0 fully saturated rings. The van der Waals surface area contributed by atoms with E-state index >= 15 is 0 Å². The van der Waals surface area contributed by atoms with Gasteiger partial charge in [-0.2, -0.15) is 5.26 Å². The van der Waals surface area contributed by atoms with Gasteiger partial charge >= 0.3 is 0 Å². The number of carbonyl (C=O) groups is 1. The third-order valence-electron chi connectivity index (χ3n) is 1.97. The molecule has 0 atom stereocenters. The van der Waals surface area contributed by atoms with Crippen LogP contribution in [0.2, 0.25) is 5.02 Å². The highest BCUT2D eigenvalue weighted by Gasteiger charge is 2.01. The molecule has 0 aromatic heterocycles. The molecule has 5 heteroatoms. The minimum atomic E-state index is -0.0285. The Morgan fingerprint density at radius 2 is 2.12 bits per heavy atom. The van der Waals surface area contributed by atoms with Gasteiger partial charge in [-0.05, 0) is 17.7 Å². The van der Waals surface area contributed by atoms with Crippen LogP contribution < -0.4 is 5.32 Å². The number of nitrogens with one attached hydrogen (secondary N) is 1.